The number of rotatable bonds is 3. The maximum Gasteiger partial charge on any atom is 0.421 e. The number of carbonyl (C=O) groups excluding carboxylic acids is 2. The molecule has 3 atom stereocenters. The van der Waals surface area contributed by atoms with Gasteiger partial charge in [0, 0.05) is 29.8 Å². The molecule has 0 radical (unpaired) electrons. The van der Waals surface area contributed by atoms with Crippen LogP contribution in [0.5, 0.6) is 0 Å². The van der Waals surface area contributed by atoms with E-state index in [9.17, 15) is 14.0 Å². The molecule has 10 heteroatoms. The summed E-state index contributed by atoms with van der Waals surface area (Å²) in [6.45, 7) is 10.7. The van der Waals surface area contributed by atoms with E-state index in [4.69, 9.17) is 9.73 Å². The van der Waals surface area contributed by atoms with Gasteiger partial charge in [-0.1, -0.05) is 35.9 Å². The van der Waals surface area contributed by atoms with Gasteiger partial charge in [0.2, 0.25) is 11.9 Å². The second-order valence-electron chi connectivity index (χ2n) is 13.1. The SMILES string of the molecule is Cc1ccc2c(c1)[C@]1(C[C@H]1c1ccc3c(c1)CN=C3Nc1nc(N3CC[C@@H](F)C3)ncc1C)C(=O)N2C(=O)OC(C)(C)C. The minimum atomic E-state index is -0.857. The maximum absolute atomic E-state index is 14.0. The molecule has 0 bridgehead atoms. The van der Waals surface area contributed by atoms with Crippen molar-refractivity contribution < 1.29 is 18.7 Å². The largest absolute Gasteiger partial charge is 0.443 e. The number of aromatic nitrogens is 2. The number of nitrogens with one attached hydrogen (secondary N) is 1. The molecule has 1 N–H and O–H groups in total. The number of carbonyl (C=O) groups is 2. The minimum absolute atomic E-state index is 0.0539. The van der Waals surface area contributed by atoms with Gasteiger partial charge in [-0.25, -0.2) is 19.1 Å². The van der Waals surface area contributed by atoms with Gasteiger partial charge in [0.1, 0.15) is 23.4 Å². The van der Waals surface area contributed by atoms with Crippen LogP contribution in [0.15, 0.2) is 47.6 Å². The molecule has 3 aliphatic heterocycles. The molecular formula is C33H35FN6O3. The summed E-state index contributed by atoms with van der Waals surface area (Å²) in [6, 6.07) is 12.0. The standard InChI is InChI=1S/C33H35FN6O3/c1-18-6-9-26-24(12-18)33(29(41)40(26)31(42)43-32(3,4)5)14-25(33)20-7-8-23-21(13-20)16-35-28(23)37-27-19(2)15-36-30(38-27)39-11-10-22(34)17-39/h6-9,12-13,15,22,25H,10-11,14,16-17H2,1-5H3,(H,35,36,37,38)/t22-,25+,33+/m1/s1. The van der Waals surface area contributed by atoms with Gasteiger partial charge >= 0.3 is 6.09 Å². The number of nitrogens with zero attached hydrogens (tertiary/aromatic N) is 5. The molecular weight excluding hydrogens is 547 g/mol. The summed E-state index contributed by atoms with van der Waals surface area (Å²) in [7, 11) is 0. The lowest BCUT2D eigenvalue weighted by atomic mass is 9.90. The molecule has 0 unspecified atom stereocenters. The Hall–Kier alpha value is -4.34. The summed E-state index contributed by atoms with van der Waals surface area (Å²) >= 11 is 0. The summed E-state index contributed by atoms with van der Waals surface area (Å²) in [6.07, 6.45) is 1.37. The van der Waals surface area contributed by atoms with Gasteiger partial charge in [-0.05, 0) is 70.2 Å². The first kappa shape index (κ1) is 27.5. The van der Waals surface area contributed by atoms with Crippen LogP contribution in [0.3, 0.4) is 0 Å². The van der Waals surface area contributed by atoms with Crippen molar-refractivity contribution in [2.75, 3.05) is 28.2 Å². The zero-order chi connectivity index (χ0) is 30.3. The van der Waals surface area contributed by atoms with Crippen LogP contribution in [0.25, 0.3) is 0 Å². The third-order valence-corrected chi connectivity index (χ3v) is 8.80. The van der Waals surface area contributed by atoms with Crippen molar-refractivity contribution in [3.8, 4) is 0 Å². The Balaban J connectivity index is 1.14. The summed E-state index contributed by atoms with van der Waals surface area (Å²) in [5.74, 6) is 1.60. The molecule has 1 aromatic heterocycles. The third kappa shape index (κ3) is 4.54. The Labute approximate surface area is 250 Å². The number of amides is 2. The Morgan fingerprint density at radius 2 is 1.98 bits per heavy atom. The first-order valence-electron chi connectivity index (χ1n) is 14.8. The van der Waals surface area contributed by atoms with Crippen LogP contribution < -0.4 is 15.1 Å². The predicted molar refractivity (Wildman–Crippen MR) is 163 cm³/mol. The normalized spacial score (nSPS) is 23.9. The summed E-state index contributed by atoms with van der Waals surface area (Å²) in [5.41, 5.74) is 5.00. The van der Waals surface area contributed by atoms with E-state index in [0.717, 1.165) is 39.2 Å². The van der Waals surface area contributed by atoms with Gasteiger partial charge < -0.3 is 15.0 Å². The number of anilines is 3. The fourth-order valence-corrected chi connectivity index (χ4v) is 6.59. The second kappa shape index (κ2) is 9.59. The van der Waals surface area contributed by atoms with E-state index < -0.39 is 23.3 Å². The Morgan fingerprint density at radius 1 is 1.16 bits per heavy atom. The topological polar surface area (TPSA) is 100 Å². The average Bonchev–Trinajstić information content (AvgIpc) is 3.21. The Morgan fingerprint density at radius 3 is 2.72 bits per heavy atom. The first-order chi connectivity index (χ1) is 20.4. The lowest BCUT2D eigenvalue weighted by molar-refractivity contribution is -0.120. The van der Waals surface area contributed by atoms with E-state index in [1.807, 2.05) is 43.0 Å². The molecule has 222 valence electrons. The van der Waals surface area contributed by atoms with Crippen molar-refractivity contribution in [1.82, 2.24) is 9.97 Å². The number of halogens is 1. The van der Waals surface area contributed by atoms with E-state index in [1.54, 1.807) is 27.0 Å². The first-order valence-corrected chi connectivity index (χ1v) is 14.8. The van der Waals surface area contributed by atoms with Crippen molar-refractivity contribution >= 4 is 35.3 Å². The lowest BCUT2D eigenvalue weighted by Gasteiger charge is -2.24. The Kier molecular flexibility index (Phi) is 6.13. The van der Waals surface area contributed by atoms with E-state index in [2.05, 4.69) is 27.4 Å². The number of benzene rings is 2. The van der Waals surface area contributed by atoms with Crippen molar-refractivity contribution in [2.24, 2.45) is 4.99 Å². The summed E-state index contributed by atoms with van der Waals surface area (Å²) in [5, 5.41) is 3.38. The molecule has 1 saturated heterocycles. The van der Waals surface area contributed by atoms with Crippen LogP contribution in [0.4, 0.5) is 26.6 Å². The molecule has 1 saturated carbocycles. The maximum atomic E-state index is 14.0. The minimum Gasteiger partial charge on any atom is -0.443 e. The zero-order valence-electron chi connectivity index (χ0n) is 25.1. The number of hydrogen-bond acceptors (Lipinski definition) is 8. The van der Waals surface area contributed by atoms with Crippen molar-refractivity contribution in [3.05, 3.63) is 76.0 Å². The van der Waals surface area contributed by atoms with Crippen LogP contribution in [-0.4, -0.2) is 52.7 Å². The fraction of sp³-hybridized carbons (Fsp3) is 0.424. The van der Waals surface area contributed by atoms with Crippen molar-refractivity contribution in [2.45, 2.75) is 77.1 Å². The number of imide groups is 1. The van der Waals surface area contributed by atoms with Gasteiger partial charge in [-0.2, -0.15) is 4.98 Å². The van der Waals surface area contributed by atoms with Crippen LogP contribution in [0.2, 0.25) is 0 Å². The molecule has 2 amide bonds. The smallest absolute Gasteiger partial charge is 0.421 e. The van der Waals surface area contributed by atoms with Crippen LogP contribution in [0, 0.1) is 13.8 Å². The molecule has 1 aliphatic carbocycles. The zero-order valence-corrected chi connectivity index (χ0v) is 25.1. The van der Waals surface area contributed by atoms with Gasteiger partial charge in [0.05, 0.1) is 24.2 Å². The molecule has 1 spiro atoms. The lowest BCUT2D eigenvalue weighted by Crippen LogP contribution is -2.41. The number of fused-ring (bicyclic) bond motifs is 3. The number of amidine groups is 1. The van der Waals surface area contributed by atoms with E-state index in [1.165, 1.54) is 4.90 Å². The van der Waals surface area contributed by atoms with Gasteiger partial charge in [-0.15, -0.1) is 0 Å². The summed E-state index contributed by atoms with van der Waals surface area (Å²) < 4.78 is 19.4. The molecule has 3 aromatic rings. The number of ether oxygens (including phenoxy) is 1. The highest BCUT2D eigenvalue weighted by Gasteiger charge is 2.68. The van der Waals surface area contributed by atoms with Crippen LogP contribution in [-0.2, 0) is 21.5 Å². The molecule has 2 fully saturated rings. The van der Waals surface area contributed by atoms with E-state index >= 15 is 0 Å². The number of alkyl halides is 1. The number of aliphatic imine (C=N–C) groups is 1. The fourth-order valence-electron chi connectivity index (χ4n) is 6.59. The van der Waals surface area contributed by atoms with E-state index in [0.29, 0.717) is 49.9 Å². The summed E-state index contributed by atoms with van der Waals surface area (Å²) in [4.78, 5) is 44.1. The molecule has 9 nitrogen and oxygen atoms in total. The number of hydrogen-bond donors (Lipinski definition) is 1. The van der Waals surface area contributed by atoms with Crippen LogP contribution in [0.1, 0.15) is 72.9 Å². The highest BCUT2D eigenvalue weighted by molar-refractivity contribution is 6.23. The predicted octanol–water partition coefficient (Wildman–Crippen LogP) is 5.72. The molecule has 4 heterocycles. The van der Waals surface area contributed by atoms with Gasteiger partial charge in [0.25, 0.3) is 0 Å². The molecule has 7 rings (SSSR count). The quantitative estimate of drug-likeness (QED) is 0.422. The van der Waals surface area contributed by atoms with Gasteiger partial charge in [-0.3, -0.25) is 9.79 Å². The second-order valence-corrected chi connectivity index (χ2v) is 13.1. The molecule has 4 aliphatic rings. The monoisotopic (exact) mass is 582 g/mol. The molecule has 2 aromatic carbocycles. The highest BCUT2D eigenvalue weighted by atomic mass is 19.1. The van der Waals surface area contributed by atoms with Crippen molar-refractivity contribution in [3.63, 3.8) is 0 Å². The Bertz CT molecular complexity index is 1720. The average molecular weight is 583 g/mol. The number of aryl methyl sites for hydroxylation is 2. The third-order valence-electron chi connectivity index (χ3n) is 8.80. The van der Waals surface area contributed by atoms with Gasteiger partial charge in [0.15, 0.2) is 0 Å². The van der Waals surface area contributed by atoms with E-state index in [-0.39, 0.29) is 11.8 Å². The van der Waals surface area contributed by atoms with Crippen LogP contribution >= 0.6 is 0 Å². The highest BCUT2D eigenvalue weighted by Crippen LogP contribution is 2.66. The van der Waals surface area contributed by atoms with Crippen molar-refractivity contribution in [1.29, 1.82) is 0 Å². The molecule has 43 heavy (non-hydrogen) atoms.